The molecule has 1 saturated heterocycles. The molecule has 2 heterocycles. The fourth-order valence-corrected chi connectivity index (χ4v) is 1.63. The molecule has 4 N–H and O–H groups in total. The van der Waals surface area contributed by atoms with Gasteiger partial charge in [0.1, 0.15) is 0 Å². The van der Waals surface area contributed by atoms with E-state index in [4.69, 9.17) is 5.73 Å². The van der Waals surface area contributed by atoms with Crippen molar-refractivity contribution in [3.05, 3.63) is 17.7 Å². The quantitative estimate of drug-likeness (QED) is 0.576. The largest absolute Gasteiger partial charge is 0.363 e. The summed E-state index contributed by atoms with van der Waals surface area (Å²) in [6.45, 7) is 2.37. The zero-order valence-electron chi connectivity index (χ0n) is 8.69. The standard InChI is InChI=1S/C9H13N5O2/c10-8(16)9-12-3-6(13-9)4-14-2-1-11-7(15)5-14/h3H,1-2,4-5H2,(H2,10,16)(H,11,15)(H,12,13). The van der Waals surface area contributed by atoms with Gasteiger partial charge in [-0.1, -0.05) is 0 Å². The van der Waals surface area contributed by atoms with Gasteiger partial charge in [0.25, 0.3) is 5.91 Å². The zero-order valence-corrected chi connectivity index (χ0v) is 8.69. The molecule has 1 aliphatic rings. The lowest BCUT2D eigenvalue weighted by molar-refractivity contribution is -0.124. The number of piperazine rings is 1. The number of rotatable bonds is 3. The van der Waals surface area contributed by atoms with E-state index < -0.39 is 5.91 Å². The second-order valence-corrected chi connectivity index (χ2v) is 3.68. The summed E-state index contributed by atoms with van der Waals surface area (Å²) >= 11 is 0. The van der Waals surface area contributed by atoms with Crippen molar-refractivity contribution >= 4 is 11.8 Å². The minimum atomic E-state index is -0.581. The maximum atomic E-state index is 11.1. The number of aromatic nitrogens is 2. The van der Waals surface area contributed by atoms with Crippen molar-refractivity contribution in [3.8, 4) is 0 Å². The van der Waals surface area contributed by atoms with E-state index in [2.05, 4.69) is 15.3 Å². The van der Waals surface area contributed by atoms with Crippen LogP contribution in [0.2, 0.25) is 0 Å². The minimum absolute atomic E-state index is 0.0147. The van der Waals surface area contributed by atoms with E-state index in [1.54, 1.807) is 6.20 Å². The minimum Gasteiger partial charge on any atom is -0.363 e. The van der Waals surface area contributed by atoms with Crippen LogP contribution in [0.15, 0.2) is 6.20 Å². The molecule has 1 aromatic heterocycles. The maximum Gasteiger partial charge on any atom is 0.284 e. The summed E-state index contributed by atoms with van der Waals surface area (Å²) in [5.41, 5.74) is 5.85. The predicted octanol–water partition coefficient (Wildman–Crippen LogP) is -1.56. The van der Waals surface area contributed by atoms with Crippen LogP contribution in [-0.2, 0) is 11.3 Å². The average Bonchev–Trinajstić information content (AvgIpc) is 2.66. The summed E-state index contributed by atoms with van der Waals surface area (Å²) in [6, 6.07) is 0. The number of hydrogen-bond acceptors (Lipinski definition) is 4. The normalized spacial score (nSPS) is 17.1. The Balaban J connectivity index is 1.97. The Morgan fingerprint density at radius 2 is 2.44 bits per heavy atom. The van der Waals surface area contributed by atoms with Crippen LogP contribution in [0, 0.1) is 0 Å². The van der Waals surface area contributed by atoms with Crippen LogP contribution in [0.3, 0.4) is 0 Å². The Hall–Kier alpha value is -1.89. The summed E-state index contributed by atoms with van der Waals surface area (Å²) < 4.78 is 0. The average molecular weight is 223 g/mol. The molecule has 2 amide bonds. The third-order valence-corrected chi connectivity index (χ3v) is 2.37. The van der Waals surface area contributed by atoms with E-state index >= 15 is 0 Å². The lowest BCUT2D eigenvalue weighted by atomic mass is 10.3. The first-order chi connectivity index (χ1) is 7.65. The van der Waals surface area contributed by atoms with E-state index in [0.29, 0.717) is 19.6 Å². The van der Waals surface area contributed by atoms with Crippen molar-refractivity contribution < 1.29 is 9.59 Å². The van der Waals surface area contributed by atoms with Crippen molar-refractivity contribution in [2.45, 2.75) is 6.54 Å². The number of hydrogen-bond donors (Lipinski definition) is 3. The lowest BCUT2D eigenvalue weighted by Crippen LogP contribution is -2.47. The zero-order chi connectivity index (χ0) is 11.5. The molecule has 16 heavy (non-hydrogen) atoms. The van der Waals surface area contributed by atoms with Crippen molar-refractivity contribution in [3.63, 3.8) is 0 Å². The molecule has 0 spiro atoms. The van der Waals surface area contributed by atoms with Gasteiger partial charge in [0, 0.05) is 25.3 Å². The number of nitrogens with one attached hydrogen (secondary N) is 2. The van der Waals surface area contributed by atoms with Gasteiger partial charge in [-0.2, -0.15) is 0 Å². The molecule has 7 nitrogen and oxygen atoms in total. The van der Waals surface area contributed by atoms with Crippen LogP contribution in [-0.4, -0.2) is 46.3 Å². The molecule has 2 rings (SSSR count). The number of carbonyl (C=O) groups excluding carboxylic acids is 2. The van der Waals surface area contributed by atoms with Crippen LogP contribution >= 0.6 is 0 Å². The third kappa shape index (κ3) is 2.37. The first kappa shape index (κ1) is 10.6. The number of nitrogens with two attached hydrogens (primary N) is 1. The topological polar surface area (TPSA) is 104 Å². The number of nitrogens with zero attached hydrogens (tertiary/aromatic N) is 2. The fraction of sp³-hybridized carbons (Fsp3) is 0.444. The van der Waals surface area contributed by atoms with Crippen LogP contribution in [0.5, 0.6) is 0 Å². The van der Waals surface area contributed by atoms with E-state index in [9.17, 15) is 9.59 Å². The molecule has 0 aromatic carbocycles. The smallest absolute Gasteiger partial charge is 0.284 e. The number of amides is 2. The van der Waals surface area contributed by atoms with Gasteiger partial charge in [0.2, 0.25) is 5.91 Å². The SMILES string of the molecule is NC(=O)c1ncc(CN2CCNC(=O)C2)[nH]1. The van der Waals surface area contributed by atoms with Gasteiger partial charge < -0.3 is 16.0 Å². The Bertz CT molecular complexity index is 414. The monoisotopic (exact) mass is 223 g/mol. The van der Waals surface area contributed by atoms with Gasteiger partial charge >= 0.3 is 0 Å². The Kier molecular flexibility index (Phi) is 2.86. The van der Waals surface area contributed by atoms with Crippen LogP contribution in [0.25, 0.3) is 0 Å². The molecule has 7 heteroatoms. The number of imidazole rings is 1. The third-order valence-electron chi connectivity index (χ3n) is 2.37. The molecule has 0 bridgehead atoms. The maximum absolute atomic E-state index is 11.1. The van der Waals surface area contributed by atoms with Crippen LogP contribution < -0.4 is 11.1 Å². The molecule has 0 aliphatic carbocycles. The highest BCUT2D eigenvalue weighted by atomic mass is 16.2. The van der Waals surface area contributed by atoms with Gasteiger partial charge in [0.05, 0.1) is 12.7 Å². The van der Waals surface area contributed by atoms with Crippen LogP contribution in [0.1, 0.15) is 16.3 Å². The summed E-state index contributed by atoms with van der Waals surface area (Å²) in [5, 5.41) is 2.74. The molecule has 0 unspecified atom stereocenters. The summed E-state index contributed by atoms with van der Waals surface area (Å²) in [7, 11) is 0. The molecular weight excluding hydrogens is 210 g/mol. The van der Waals surface area contributed by atoms with E-state index in [0.717, 1.165) is 12.2 Å². The highest BCUT2D eigenvalue weighted by Gasteiger charge is 2.17. The second-order valence-electron chi connectivity index (χ2n) is 3.68. The van der Waals surface area contributed by atoms with E-state index in [1.807, 2.05) is 4.90 Å². The lowest BCUT2D eigenvalue weighted by Gasteiger charge is -2.25. The first-order valence-corrected chi connectivity index (χ1v) is 4.98. The van der Waals surface area contributed by atoms with Crippen molar-refractivity contribution in [2.75, 3.05) is 19.6 Å². The molecule has 1 aromatic rings. The number of aromatic amines is 1. The molecule has 1 fully saturated rings. The molecule has 1 aliphatic heterocycles. The predicted molar refractivity (Wildman–Crippen MR) is 55.4 cm³/mol. The van der Waals surface area contributed by atoms with Gasteiger partial charge in [-0.3, -0.25) is 14.5 Å². The Morgan fingerprint density at radius 3 is 3.06 bits per heavy atom. The van der Waals surface area contributed by atoms with E-state index in [-0.39, 0.29) is 11.7 Å². The van der Waals surface area contributed by atoms with E-state index in [1.165, 1.54) is 0 Å². The molecule has 0 saturated carbocycles. The Labute approximate surface area is 92.0 Å². The van der Waals surface area contributed by atoms with Crippen LogP contribution in [0.4, 0.5) is 0 Å². The van der Waals surface area contributed by atoms with Gasteiger partial charge in [-0.25, -0.2) is 4.98 Å². The van der Waals surface area contributed by atoms with Gasteiger partial charge in [-0.05, 0) is 0 Å². The molecule has 0 atom stereocenters. The van der Waals surface area contributed by atoms with Crippen molar-refractivity contribution in [1.82, 2.24) is 20.2 Å². The summed E-state index contributed by atoms with van der Waals surface area (Å²) in [4.78, 5) is 30.6. The highest BCUT2D eigenvalue weighted by Crippen LogP contribution is 2.03. The van der Waals surface area contributed by atoms with Crippen molar-refractivity contribution in [2.24, 2.45) is 5.73 Å². The number of primary amides is 1. The Morgan fingerprint density at radius 1 is 1.62 bits per heavy atom. The van der Waals surface area contributed by atoms with Gasteiger partial charge in [-0.15, -0.1) is 0 Å². The summed E-state index contributed by atoms with van der Waals surface area (Å²) in [5.74, 6) is -0.417. The molecule has 86 valence electrons. The fourth-order valence-electron chi connectivity index (χ4n) is 1.63. The summed E-state index contributed by atoms with van der Waals surface area (Å²) in [6.07, 6.45) is 1.56. The number of H-pyrrole nitrogens is 1. The van der Waals surface area contributed by atoms with Crippen molar-refractivity contribution in [1.29, 1.82) is 0 Å². The number of carbonyl (C=O) groups is 2. The first-order valence-electron chi connectivity index (χ1n) is 4.98. The van der Waals surface area contributed by atoms with Gasteiger partial charge in [0.15, 0.2) is 5.82 Å². The molecular formula is C9H13N5O2. The second kappa shape index (κ2) is 4.31. The molecule has 0 radical (unpaired) electrons. The highest BCUT2D eigenvalue weighted by molar-refractivity contribution is 5.88.